The van der Waals surface area contributed by atoms with Gasteiger partial charge in [-0.05, 0) is 30.5 Å². The van der Waals surface area contributed by atoms with Crippen molar-refractivity contribution in [3.8, 4) is 11.6 Å². The molecule has 1 fully saturated rings. The van der Waals surface area contributed by atoms with Gasteiger partial charge in [-0.2, -0.15) is 19.9 Å². The SMILES string of the molecule is CN(c1ccccc1)c1nc(N)nc(-c2noc(N3CCC(OCc4ccccc4)CC3)n2)n1. The van der Waals surface area contributed by atoms with Gasteiger partial charge < -0.3 is 24.8 Å². The summed E-state index contributed by atoms with van der Waals surface area (Å²) in [7, 11) is 1.86. The van der Waals surface area contributed by atoms with Gasteiger partial charge in [-0.15, -0.1) is 0 Å². The molecule has 34 heavy (non-hydrogen) atoms. The van der Waals surface area contributed by atoms with Crippen LogP contribution in [0.3, 0.4) is 0 Å². The van der Waals surface area contributed by atoms with E-state index in [2.05, 4.69) is 42.1 Å². The highest BCUT2D eigenvalue weighted by atomic mass is 16.5. The number of rotatable bonds is 7. The van der Waals surface area contributed by atoms with Crippen LogP contribution in [-0.4, -0.2) is 51.3 Å². The van der Waals surface area contributed by atoms with Gasteiger partial charge in [0.25, 0.3) is 0 Å². The zero-order valence-electron chi connectivity index (χ0n) is 18.9. The summed E-state index contributed by atoms with van der Waals surface area (Å²) in [6, 6.07) is 20.4. The molecule has 0 spiro atoms. The summed E-state index contributed by atoms with van der Waals surface area (Å²) in [6.45, 7) is 2.15. The van der Waals surface area contributed by atoms with Crippen molar-refractivity contribution in [1.29, 1.82) is 0 Å². The first-order valence-corrected chi connectivity index (χ1v) is 11.2. The third-order valence-corrected chi connectivity index (χ3v) is 5.74. The predicted molar refractivity (Wildman–Crippen MR) is 129 cm³/mol. The molecule has 5 rings (SSSR count). The van der Waals surface area contributed by atoms with Gasteiger partial charge >= 0.3 is 6.01 Å². The molecular formula is C24H26N8O2. The van der Waals surface area contributed by atoms with Gasteiger partial charge in [0, 0.05) is 25.8 Å². The van der Waals surface area contributed by atoms with Gasteiger partial charge in [-0.1, -0.05) is 53.7 Å². The van der Waals surface area contributed by atoms with Crippen LogP contribution < -0.4 is 15.5 Å². The minimum atomic E-state index is 0.0884. The van der Waals surface area contributed by atoms with E-state index < -0.39 is 0 Å². The molecule has 0 atom stereocenters. The molecule has 4 aromatic rings. The zero-order valence-corrected chi connectivity index (χ0v) is 18.9. The Bertz CT molecular complexity index is 1210. The Morgan fingerprint density at radius 1 is 0.941 bits per heavy atom. The monoisotopic (exact) mass is 458 g/mol. The zero-order chi connectivity index (χ0) is 23.3. The molecular weight excluding hydrogens is 432 g/mol. The number of hydrogen-bond donors (Lipinski definition) is 1. The fraction of sp³-hybridized carbons (Fsp3) is 0.292. The topological polar surface area (TPSA) is 119 Å². The third-order valence-electron chi connectivity index (χ3n) is 5.74. The molecule has 0 bridgehead atoms. The Balaban J connectivity index is 1.23. The highest BCUT2D eigenvalue weighted by molar-refractivity contribution is 5.59. The van der Waals surface area contributed by atoms with E-state index in [1.54, 1.807) is 0 Å². The molecule has 0 aliphatic carbocycles. The smallest absolute Gasteiger partial charge is 0.324 e. The lowest BCUT2D eigenvalue weighted by Gasteiger charge is -2.30. The summed E-state index contributed by atoms with van der Waals surface area (Å²) in [5.41, 5.74) is 8.05. The molecule has 0 unspecified atom stereocenters. The minimum absolute atomic E-state index is 0.0884. The first kappa shape index (κ1) is 21.8. The number of benzene rings is 2. The quantitative estimate of drug-likeness (QED) is 0.441. The standard InChI is InChI=1S/C24H26N8O2/c1-31(18-10-6-3-7-11-18)23-27-20(26-22(25)29-23)21-28-24(34-30-21)32-14-12-19(13-15-32)33-16-17-8-4-2-5-9-17/h2-11,19H,12-16H2,1H3,(H2,25,26,27,29). The second kappa shape index (κ2) is 9.84. The van der Waals surface area contributed by atoms with Gasteiger partial charge in [0.2, 0.25) is 23.5 Å². The molecule has 1 saturated heterocycles. The molecule has 10 nitrogen and oxygen atoms in total. The van der Waals surface area contributed by atoms with Gasteiger partial charge in [0.15, 0.2) is 0 Å². The molecule has 174 valence electrons. The van der Waals surface area contributed by atoms with Crippen LogP contribution in [-0.2, 0) is 11.3 Å². The van der Waals surface area contributed by atoms with Crippen molar-refractivity contribution < 1.29 is 9.26 Å². The summed E-state index contributed by atoms with van der Waals surface area (Å²) in [5, 5.41) is 4.09. The van der Waals surface area contributed by atoms with Crippen LogP contribution >= 0.6 is 0 Å². The molecule has 1 aliphatic heterocycles. The van der Waals surface area contributed by atoms with Crippen molar-refractivity contribution in [2.24, 2.45) is 0 Å². The Kier molecular flexibility index (Phi) is 6.30. The summed E-state index contributed by atoms with van der Waals surface area (Å²) in [4.78, 5) is 21.4. The van der Waals surface area contributed by atoms with E-state index in [-0.39, 0.29) is 23.7 Å². The van der Waals surface area contributed by atoms with Gasteiger partial charge in [0.05, 0.1) is 12.7 Å². The van der Waals surface area contributed by atoms with E-state index in [4.69, 9.17) is 15.0 Å². The van der Waals surface area contributed by atoms with Crippen LogP contribution in [0, 0.1) is 0 Å². The number of hydrogen-bond acceptors (Lipinski definition) is 10. The lowest BCUT2D eigenvalue weighted by atomic mass is 10.1. The van der Waals surface area contributed by atoms with E-state index in [1.165, 1.54) is 5.56 Å². The maximum absolute atomic E-state index is 6.07. The van der Waals surface area contributed by atoms with E-state index in [0.717, 1.165) is 31.6 Å². The second-order valence-electron chi connectivity index (χ2n) is 8.10. The van der Waals surface area contributed by atoms with Crippen molar-refractivity contribution in [1.82, 2.24) is 25.1 Å². The number of ether oxygens (including phenoxy) is 1. The van der Waals surface area contributed by atoms with E-state index in [9.17, 15) is 0 Å². The fourth-order valence-corrected chi connectivity index (χ4v) is 3.83. The van der Waals surface area contributed by atoms with Crippen molar-refractivity contribution in [3.05, 3.63) is 66.2 Å². The Morgan fingerprint density at radius 2 is 1.65 bits per heavy atom. The van der Waals surface area contributed by atoms with Crippen LogP contribution in [0.4, 0.5) is 23.6 Å². The lowest BCUT2D eigenvalue weighted by Crippen LogP contribution is -2.37. The summed E-state index contributed by atoms with van der Waals surface area (Å²) < 4.78 is 11.6. The molecule has 3 heterocycles. The Labute approximate surface area is 197 Å². The highest BCUT2D eigenvalue weighted by Crippen LogP contribution is 2.25. The average molecular weight is 459 g/mol. The average Bonchev–Trinajstić information content (AvgIpc) is 3.39. The number of nitrogen functional groups attached to an aromatic ring is 1. The first-order valence-electron chi connectivity index (χ1n) is 11.2. The van der Waals surface area contributed by atoms with Crippen molar-refractivity contribution in [2.75, 3.05) is 35.7 Å². The number of para-hydroxylation sites is 1. The van der Waals surface area contributed by atoms with E-state index in [0.29, 0.717) is 18.6 Å². The van der Waals surface area contributed by atoms with E-state index >= 15 is 0 Å². The number of anilines is 4. The largest absolute Gasteiger partial charge is 0.373 e. The molecule has 10 heteroatoms. The summed E-state index contributed by atoms with van der Waals surface area (Å²) in [6.07, 6.45) is 1.98. The fourth-order valence-electron chi connectivity index (χ4n) is 3.83. The Morgan fingerprint density at radius 3 is 2.38 bits per heavy atom. The minimum Gasteiger partial charge on any atom is -0.373 e. The number of nitrogens with two attached hydrogens (primary N) is 1. The highest BCUT2D eigenvalue weighted by Gasteiger charge is 2.25. The molecule has 2 aromatic heterocycles. The molecule has 0 saturated carbocycles. The Hall–Kier alpha value is -4.05. The summed E-state index contributed by atoms with van der Waals surface area (Å²) in [5.74, 6) is 1.03. The van der Waals surface area contributed by atoms with Crippen LogP contribution in [0.15, 0.2) is 65.2 Å². The van der Waals surface area contributed by atoms with Crippen molar-refractivity contribution in [2.45, 2.75) is 25.6 Å². The lowest BCUT2D eigenvalue weighted by molar-refractivity contribution is 0.0245. The van der Waals surface area contributed by atoms with E-state index in [1.807, 2.05) is 60.5 Å². The number of piperidine rings is 1. The van der Waals surface area contributed by atoms with Gasteiger partial charge in [-0.25, -0.2) is 0 Å². The summed E-state index contributed by atoms with van der Waals surface area (Å²) >= 11 is 0. The van der Waals surface area contributed by atoms with Crippen molar-refractivity contribution >= 4 is 23.6 Å². The number of nitrogens with zero attached hydrogens (tertiary/aromatic N) is 7. The third kappa shape index (κ3) is 4.96. The van der Waals surface area contributed by atoms with Crippen LogP contribution in [0.2, 0.25) is 0 Å². The molecule has 0 amide bonds. The molecule has 1 aliphatic rings. The molecule has 0 radical (unpaired) electrons. The van der Waals surface area contributed by atoms with Crippen molar-refractivity contribution in [3.63, 3.8) is 0 Å². The van der Waals surface area contributed by atoms with Crippen LogP contribution in [0.1, 0.15) is 18.4 Å². The first-order chi connectivity index (χ1) is 16.7. The maximum Gasteiger partial charge on any atom is 0.324 e. The van der Waals surface area contributed by atoms with Crippen LogP contribution in [0.5, 0.6) is 0 Å². The molecule has 2 aromatic carbocycles. The molecule has 2 N–H and O–H groups in total. The maximum atomic E-state index is 6.07. The normalized spacial score (nSPS) is 14.3. The van der Waals surface area contributed by atoms with Gasteiger partial charge in [0.1, 0.15) is 0 Å². The van der Waals surface area contributed by atoms with Crippen LogP contribution in [0.25, 0.3) is 11.6 Å². The second-order valence-corrected chi connectivity index (χ2v) is 8.10. The predicted octanol–water partition coefficient (Wildman–Crippen LogP) is 3.46. The number of aromatic nitrogens is 5. The van der Waals surface area contributed by atoms with Gasteiger partial charge in [-0.3, -0.25) is 0 Å².